The van der Waals surface area contributed by atoms with Gasteiger partial charge < -0.3 is 15.4 Å². The van der Waals surface area contributed by atoms with Gasteiger partial charge in [-0.15, -0.1) is 11.8 Å². The standard InChI is InChI=1S/C29H26N2O3S/c1-21-11-8-9-18-26(21)31-29(33)28(22-12-4-2-5-13-22)35-25-17-10-14-23(19-25)30-27(32)20-34-24-15-6-3-7-16-24/h2-19,28H,20H2,1H3,(H,30,32)(H,31,33). The van der Waals surface area contributed by atoms with Gasteiger partial charge in [-0.3, -0.25) is 9.59 Å². The van der Waals surface area contributed by atoms with Crippen LogP contribution >= 0.6 is 11.8 Å². The molecule has 0 saturated heterocycles. The van der Waals surface area contributed by atoms with Gasteiger partial charge in [0.1, 0.15) is 11.0 Å². The number of benzene rings is 4. The number of hydrogen-bond donors (Lipinski definition) is 2. The number of nitrogens with one attached hydrogen (secondary N) is 2. The average Bonchev–Trinajstić information content (AvgIpc) is 2.89. The number of thioether (sulfide) groups is 1. The quantitative estimate of drug-likeness (QED) is 0.268. The highest BCUT2D eigenvalue weighted by molar-refractivity contribution is 8.00. The van der Waals surface area contributed by atoms with Crippen LogP contribution in [0, 0.1) is 6.92 Å². The zero-order valence-corrected chi connectivity index (χ0v) is 20.1. The normalized spacial score (nSPS) is 11.3. The van der Waals surface area contributed by atoms with E-state index in [4.69, 9.17) is 4.74 Å². The Morgan fingerprint density at radius 2 is 1.49 bits per heavy atom. The maximum Gasteiger partial charge on any atom is 0.262 e. The van der Waals surface area contributed by atoms with Gasteiger partial charge in [-0.05, 0) is 54.4 Å². The second-order valence-electron chi connectivity index (χ2n) is 7.89. The second-order valence-corrected chi connectivity index (χ2v) is 9.07. The number of rotatable bonds is 9. The van der Waals surface area contributed by atoms with Gasteiger partial charge in [0.25, 0.3) is 5.91 Å². The number of anilines is 2. The van der Waals surface area contributed by atoms with Crippen LogP contribution in [0.25, 0.3) is 0 Å². The molecule has 2 N–H and O–H groups in total. The van der Waals surface area contributed by atoms with Crippen LogP contribution in [-0.2, 0) is 9.59 Å². The van der Waals surface area contributed by atoms with E-state index in [0.29, 0.717) is 11.4 Å². The summed E-state index contributed by atoms with van der Waals surface area (Å²) in [7, 11) is 0. The van der Waals surface area contributed by atoms with Crippen LogP contribution in [-0.4, -0.2) is 18.4 Å². The van der Waals surface area contributed by atoms with Crippen LogP contribution < -0.4 is 15.4 Å². The predicted octanol–water partition coefficient (Wildman–Crippen LogP) is 6.48. The van der Waals surface area contributed by atoms with Gasteiger partial charge in [-0.2, -0.15) is 0 Å². The Hall–Kier alpha value is -4.03. The summed E-state index contributed by atoms with van der Waals surface area (Å²) in [4.78, 5) is 26.6. The Morgan fingerprint density at radius 3 is 2.23 bits per heavy atom. The maximum absolute atomic E-state index is 13.3. The molecule has 5 nitrogen and oxygen atoms in total. The van der Waals surface area contributed by atoms with Crippen molar-refractivity contribution in [3.05, 3.63) is 120 Å². The van der Waals surface area contributed by atoms with Crippen LogP contribution in [0.2, 0.25) is 0 Å². The molecule has 35 heavy (non-hydrogen) atoms. The molecule has 0 aliphatic rings. The minimum absolute atomic E-state index is 0.0904. The molecule has 4 rings (SSSR count). The molecule has 0 fully saturated rings. The van der Waals surface area contributed by atoms with E-state index in [1.807, 2.05) is 104 Å². The molecular weight excluding hydrogens is 456 g/mol. The molecule has 1 atom stereocenters. The number of hydrogen-bond acceptors (Lipinski definition) is 4. The molecule has 0 radical (unpaired) electrons. The Morgan fingerprint density at radius 1 is 0.800 bits per heavy atom. The number of amides is 2. The van der Waals surface area contributed by atoms with Crippen LogP contribution in [0.15, 0.2) is 114 Å². The third kappa shape index (κ3) is 6.98. The lowest BCUT2D eigenvalue weighted by molar-refractivity contribution is -0.118. The average molecular weight is 483 g/mol. The van der Waals surface area contributed by atoms with Crippen LogP contribution in [0.5, 0.6) is 5.75 Å². The van der Waals surface area contributed by atoms with Crippen LogP contribution in [0.1, 0.15) is 16.4 Å². The van der Waals surface area contributed by atoms with Crippen LogP contribution in [0.3, 0.4) is 0 Å². The zero-order valence-electron chi connectivity index (χ0n) is 19.3. The highest BCUT2D eigenvalue weighted by atomic mass is 32.2. The predicted molar refractivity (Wildman–Crippen MR) is 142 cm³/mol. The highest BCUT2D eigenvalue weighted by Gasteiger charge is 2.23. The lowest BCUT2D eigenvalue weighted by atomic mass is 10.1. The summed E-state index contributed by atoms with van der Waals surface area (Å²) in [5.74, 6) is 0.270. The van der Waals surface area contributed by atoms with Crippen LogP contribution in [0.4, 0.5) is 11.4 Å². The lowest BCUT2D eigenvalue weighted by Gasteiger charge is -2.18. The second kappa shape index (κ2) is 11.9. The van der Waals surface area contributed by atoms with Crippen molar-refractivity contribution >= 4 is 35.0 Å². The van der Waals surface area contributed by atoms with Crippen molar-refractivity contribution in [2.75, 3.05) is 17.2 Å². The van der Waals surface area contributed by atoms with Gasteiger partial charge >= 0.3 is 0 Å². The van der Waals surface area contributed by atoms with E-state index < -0.39 is 5.25 Å². The summed E-state index contributed by atoms with van der Waals surface area (Å²) in [5, 5.41) is 5.46. The summed E-state index contributed by atoms with van der Waals surface area (Å²) in [5.41, 5.74) is 3.33. The fourth-order valence-electron chi connectivity index (χ4n) is 3.46. The summed E-state index contributed by atoms with van der Waals surface area (Å²) < 4.78 is 5.52. The monoisotopic (exact) mass is 482 g/mol. The Bertz CT molecular complexity index is 1280. The molecule has 2 amide bonds. The third-order valence-corrected chi connectivity index (χ3v) is 6.48. The fraction of sp³-hybridized carbons (Fsp3) is 0.103. The summed E-state index contributed by atoms with van der Waals surface area (Å²) >= 11 is 1.43. The van der Waals surface area contributed by atoms with Crippen molar-refractivity contribution in [1.29, 1.82) is 0 Å². The highest BCUT2D eigenvalue weighted by Crippen LogP contribution is 2.37. The number of para-hydroxylation sites is 2. The smallest absolute Gasteiger partial charge is 0.262 e. The molecule has 0 aliphatic heterocycles. The minimum atomic E-state index is -0.469. The molecule has 0 spiro atoms. The molecule has 0 heterocycles. The molecule has 0 saturated carbocycles. The first-order chi connectivity index (χ1) is 17.1. The van der Waals surface area contributed by atoms with Crippen molar-refractivity contribution in [2.45, 2.75) is 17.1 Å². The summed E-state index contributed by atoms with van der Waals surface area (Å²) in [6.45, 7) is 1.88. The maximum atomic E-state index is 13.3. The molecule has 6 heteroatoms. The lowest BCUT2D eigenvalue weighted by Crippen LogP contribution is -2.20. The van der Waals surface area contributed by atoms with E-state index in [2.05, 4.69) is 10.6 Å². The topological polar surface area (TPSA) is 67.4 Å². The van der Waals surface area contributed by atoms with E-state index in [1.54, 1.807) is 12.1 Å². The SMILES string of the molecule is Cc1ccccc1NC(=O)C(Sc1cccc(NC(=O)COc2ccccc2)c1)c1ccccc1. The Kier molecular flexibility index (Phi) is 8.20. The Balaban J connectivity index is 1.46. The van der Waals surface area contributed by atoms with Crippen molar-refractivity contribution in [2.24, 2.45) is 0 Å². The van der Waals surface area contributed by atoms with Gasteiger partial charge in [-0.1, -0.05) is 72.8 Å². The van der Waals surface area contributed by atoms with Crippen molar-refractivity contribution in [1.82, 2.24) is 0 Å². The number of carbonyl (C=O) groups is 2. The minimum Gasteiger partial charge on any atom is -0.484 e. The molecule has 1 unspecified atom stereocenters. The van der Waals surface area contributed by atoms with E-state index in [-0.39, 0.29) is 18.4 Å². The van der Waals surface area contributed by atoms with E-state index in [9.17, 15) is 9.59 Å². The number of carbonyl (C=O) groups excluding carboxylic acids is 2. The van der Waals surface area contributed by atoms with E-state index in [0.717, 1.165) is 21.7 Å². The third-order valence-electron chi connectivity index (χ3n) is 5.23. The first-order valence-corrected chi connectivity index (χ1v) is 12.1. The molecule has 0 aromatic heterocycles. The molecule has 0 aliphatic carbocycles. The summed E-state index contributed by atoms with van der Waals surface area (Å²) in [6, 6.07) is 34.0. The number of aryl methyl sites for hydroxylation is 1. The fourth-order valence-corrected chi connectivity index (χ4v) is 4.54. The molecule has 4 aromatic carbocycles. The molecule has 4 aromatic rings. The molecular formula is C29H26N2O3S. The van der Waals surface area contributed by atoms with Crippen molar-refractivity contribution in [3.63, 3.8) is 0 Å². The van der Waals surface area contributed by atoms with Gasteiger partial charge in [0.2, 0.25) is 5.91 Å². The number of ether oxygens (including phenoxy) is 1. The van der Waals surface area contributed by atoms with Gasteiger partial charge in [0.15, 0.2) is 6.61 Å². The van der Waals surface area contributed by atoms with Gasteiger partial charge in [0.05, 0.1) is 0 Å². The van der Waals surface area contributed by atoms with E-state index >= 15 is 0 Å². The molecule has 0 bridgehead atoms. The Labute approximate surface area is 209 Å². The largest absolute Gasteiger partial charge is 0.484 e. The van der Waals surface area contributed by atoms with Crippen molar-refractivity contribution < 1.29 is 14.3 Å². The molecule has 176 valence electrons. The first kappa shape index (κ1) is 24.1. The summed E-state index contributed by atoms with van der Waals surface area (Å²) in [6.07, 6.45) is 0. The zero-order chi connectivity index (χ0) is 24.5. The van der Waals surface area contributed by atoms with Gasteiger partial charge in [0, 0.05) is 16.3 Å². The van der Waals surface area contributed by atoms with Gasteiger partial charge in [-0.25, -0.2) is 0 Å². The first-order valence-electron chi connectivity index (χ1n) is 11.2. The van der Waals surface area contributed by atoms with Crippen molar-refractivity contribution in [3.8, 4) is 5.75 Å². The van der Waals surface area contributed by atoms with E-state index in [1.165, 1.54) is 11.8 Å².